The summed E-state index contributed by atoms with van der Waals surface area (Å²) in [7, 11) is 0. The number of rotatable bonds is 3. The molecule has 0 saturated heterocycles. The molecule has 1 atom stereocenters. The molecule has 0 aromatic heterocycles. The van der Waals surface area contributed by atoms with E-state index in [0.717, 1.165) is 12.1 Å². The van der Waals surface area contributed by atoms with Crippen LogP contribution in [0, 0.1) is 5.82 Å². The van der Waals surface area contributed by atoms with Gasteiger partial charge in [-0.25, -0.2) is 4.39 Å². The van der Waals surface area contributed by atoms with Gasteiger partial charge < -0.3 is 10.5 Å². The Morgan fingerprint density at radius 2 is 1.67 bits per heavy atom. The van der Waals surface area contributed by atoms with Gasteiger partial charge in [0.05, 0.1) is 10.5 Å². The fourth-order valence-electron chi connectivity index (χ4n) is 1.82. The van der Waals surface area contributed by atoms with Gasteiger partial charge in [-0.1, -0.05) is 24.3 Å². The first-order valence-electron chi connectivity index (χ1n) is 5.83. The summed E-state index contributed by atoms with van der Waals surface area (Å²) in [6.07, 6.45) is -4.74. The standard InChI is InChI=1S/C14H10BrF4NO/c15-12-10(2-1-3-11(12)16)13(20)8-4-6-9(7-5-8)21-14(17,18)19/h1-7,13H,20H2/t13-/m1/s1. The first kappa shape index (κ1) is 15.8. The van der Waals surface area contributed by atoms with Crippen LogP contribution >= 0.6 is 15.9 Å². The van der Waals surface area contributed by atoms with Crippen molar-refractivity contribution in [3.63, 3.8) is 0 Å². The highest BCUT2D eigenvalue weighted by atomic mass is 79.9. The lowest BCUT2D eigenvalue weighted by atomic mass is 9.99. The second-order valence-electron chi connectivity index (χ2n) is 4.24. The Bertz CT molecular complexity index is 628. The van der Waals surface area contributed by atoms with Crippen molar-refractivity contribution in [2.75, 3.05) is 0 Å². The average molecular weight is 364 g/mol. The molecule has 0 aliphatic carbocycles. The summed E-state index contributed by atoms with van der Waals surface area (Å²) in [4.78, 5) is 0. The van der Waals surface area contributed by atoms with Crippen LogP contribution in [0.15, 0.2) is 46.9 Å². The van der Waals surface area contributed by atoms with Crippen LogP contribution in [0.1, 0.15) is 17.2 Å². The molecule has 112 valence electrons. The molecule has 0 aliphatic rings. The Morgan fingerprint density at radius 1 is 1.05 bits per heavy atom. The largest absolute Gasteiger partial charge is 0.573 e. The number of benzene rings is 2. The lowest BCUT2D eigenvalue weighted by Gasteiger charge is -2.15. The van der Waals surface area contributed by atoms with Crippen molar-refractivity contribution in [1.82, 2.24) is 0 Å². The van der Waals surface area contributed by atoms with E-state index in [1.807, 2.05) is 0 Å². The molecule has 0 heterocycles. The van der Waals surface area contributed by atoms with Crippen LogP contribution in [0.25, 0.3) is 0 Å². The number of ether oxygens (including phenoxy) is 1. The van der Waals surface area contributed by atoms with Gasteiger partial charge in [0.1, 0.15) is 11.6 Å². The topological polar surface area (TPSA) is 35.2 Å². The minimum Gasteiger partial charge on any atom is -0.406 e. The van der Waals surface area contributed by atoms with E-state index in [-0.39, 0.29) is 10.2 Å². The zero-order chi connectivity index (χ0) is 15.6. The molecule has 2 aromatic carbocycles. The van der Waals surface area contributed by atoms with Gasteiger partial charge in [-0.3, -0.25) is 0 Å². The van der Waals surface area contributed by atoms with Gasteiger partial charge in [0.25, 0.3) is 0 Å². The normalized spacial score (nSPS) is 13.0. The molecule has 0 aliphatic heterocycles. The molecule has 0 radical (unpaired) electrons. The van der Waals surface area contributed by atoms with Gasteiger partial charge in [-0.15, -0.1) is 13.2 Å². The highest BCUT2D eigenvalue weighted by molar-refractivity contribution is 9.10. The number of hydrogen-bond acceptors (Lipinski definition) is 2. The van der Waals surface area contributed by atoms with E-state index >= 15 is 0 Å². The van der Waals surface area contributed by atoms with Crippen molar-refractivity contribution in [1.29, 1.82) is 0 Å². The van der Waals surface area contributed by atoms with E-state index < -0.39 is 18.2 Å². The highest BCUT2D eigenvalue weighted by Crippen LogP contribution is 2.30. The van der Waals surface area contributed by atoms with Crippen LogP contribution in [0.2, 0.25) is 0 Å². The summed E-state index contributed by atoms with van der Waals surface area (Å²) in [6.45, 7) is 0. The Kier molecular flexibility index (Phi) is 4.53. The van der Waals surface area contributed by atoms with Crippen LogP contribution in [-0.2, 0) is 0 Å². The summed E-state index contributed by atoms with van der Waals surface area (Å²) in [5.41, 5.74) is 7.04. The van der Waals surface area contributed by atoms with Gasteiger partial charge in [-0.05, 0) is 45.3 Å². The predicted octanol–water partition coefficient (Wildman–Crippen LogP) is 4.53. The Labute approximate surface area is 126 Å². The van der Waals surface area contributed by atoms with Crippen LogP contribution < -0.4 is 10.5 Å². The SMILES string of the molecule is N[C@H](c1ccc(OC(F)(F)F)cc1)c1cccc(F)c1Br. The van der Waals surface area contributed by atoms with Gasteiger partial charge in [0.15, 0.2) is 0 Å². The third-order valence-corrected chi connectivity index (χ3v) is 3.63. The fourth-order valence-corrected chi connectivity index (χ4v) is 2.33. The van der Waals surface area contributed by atoms with Crippen LogP contribution in [0.5, 0.6) is 5.75 Å². The van der Waals surface area contributed by atoms with Crippen molar-refractivity contribution in [3.05, 3.63) is 63.9 Å². The van der Waals surface area contributed by atoms with E-state index in [4.69, 9.17) is 5.73 Å². The molecule has 0 unspecified atom stereocenters. The van der Waals surface area contributed by atoms with Crippen molar-refractivity contribution < 1.29 is 22.3 Å². The van der Waals surface area contributed by atoms with E-state index in [0.29, 0.717) is 11.1 Å². The summed E-state index contributed by atoms with van der Waals surface area (Å²) in [5, 5.41) is 0. The summed E-state index contributed by atoms with van der Waals surface area (Å²) in [5.74, 6) is -0.795. The molecule has 2 rings (SSSR count). The van der Waals surface area contributed by atoms with Crippen LogP contribution in [0.4, 0.5) is 17.6 Å². The van der Waals surface area contributed by atoms with Crippen molar-refractivity contribution >= 4 is 15.9 Å². The summed E-state index contributed by atoms with van der Waals surface area (Å²) < 4.78 is 53.7. The molecule has 0 fully saturated rings. The number of alkyl halides is 3. The number of nitrogens with two attached hydrogens (primary N) is 1. The van der Waals surface area contributed by atoms with Gasteiger partial charge in [-0.2, -0.15) is 0 Å². The van der Waals surface area contributed by atoms with E-state index in [9.17, 15) is 17.6 Å². The molecule has 2 aromatic rings. The maximum atomic E-state index is 13.5. The van der Waals surface area contributed by atoms with Crippen LogP contribution in [-0.4, -0.2) is 6.36 Å². The quantitative estimate of drug-likeness (QED) is 0.812. The molecule has 0 amide bonds. The molecule has 7 heteroatoms. The Balaban J connectivity index is 2.24. The first-order chi connectivity index (χ1) is 9.78. The monoisotopic (exact) mass is 363 g/mol. The smallest absolute Gasteiger partial charge is 0.406 e. The maximum Gasteiger partial charge on any atom is 0.573 e. The first-order valence-corrected chi connectivity index (χ1v) is 6.62. The minimum atomic E-state index is -4.74. The van der Waals surface area contributed by atoms with E-state index in [2.05, 4.69) is 20.7 Å². The summed E-state index contributed by atoms with van der Waals surface area (Å²) in [6, 6.07) is 8.89. The molecule has 0 bridgehead atoms. The van der Waals surface area contributed by atoms with Crippen molar-refractivity contribution in [3.8, 4) is 5.75 Å². The molecule has 0 saturated carbocycles. The molecule has 2 N–H and O–H groups in total. The molecule has 21 heavy (non-hydrogen) atoms. The minimum absolute atomic E-state index is 0.230. The summed E-state index contributed by atoms with van der Waals surface area (Å²) >= 11 is 3.10. The molecular weight excluding hydrogens is 354 g/mol. The molecular formula is C14H10BrF4NO. The van der Waals surface area contributed by atoms with Crippen molar-refractivity contribution in [2.45, 2.75) is 12.4 Å². The van der Waals surface area contributed by atoms with Gasteiger partial charge in [0.2, 0.25) is 0 Å². The number of halogens is 5. The van der Waals surface area contributed by atoms with E-state index in [1.165, 1.54) is 24.3 Å². The third kappa shape index (κ3) is 3.95. The zero-order valence-corrected chi connectivity index (χ0v) is 12.1. The average Bonchev–Trinajstić information content (AvgIpc) is 2.40. The maximum absolute atomic E-state index is 13.5. The Hall–Kier alpha value is -1.60. The Morgan fingerprint density at radius 3 is 2.24 bits per heavy atom. The highest BCUT2D eigenvalue weighted by Gasteiger charge is 2.31. The third-order valence-electron chi connectivity index (χ3n) is 2.79. The zero-order valence-electron chi connectivity index (χ0n) is 10.5. The number of hydrogen-bond donors (Lipinski definition) is 1. The van der Waals surface area contributed by atoms with Gasteiger partial charge in [0, 0.05) is 0 Å². The van der Waals surface area contributed by atoms with Gasteiger partial charge >= 0.3 is 6.36 Å². The van der Waals surface area contributed by atoms with Crippen LogP contribution in [0.3, 0.4) is 0 Å². The molecule has 2 nitrogen and oxygen atoms in total. The molecule has 0 spiro atoms. The lowest BCUT2D eigenvalue weighted by Crippen LogP contribution is -2.17. The lowest BCUT2D eigenvalue weighted by molar-refractivity contribution is -0.274. The predicted molar refractivity (Wildman–Crippen MR) is 73.3 cm³/mol. The second-order valence-corrected chi connectivity index (χ2v) is 5.03. The fraction of sp³-hybridized carbons (Fsp3) is 0.143. The van der Waals surface area contributed by atoms with E-state index in [1.54, 1.807) is 6.07 Å². The van der Waals surface area contributed by atoms with Crippen molar-refractivity contribution in [2.24, 2.45) is 5.73 Å². The second kappa shape index (κ2) is 6.03.